The molecule has 0 saturated carbocycles. The van der Waals surface area contributed by atoms with Crippen LogP contribution in [0.1, 0.15) is 6.42 Å². The smallest absolute Gasteiger partial charge is 0.414 e. The second-order valence-electron chi connectivity index (χ2n) is 3.59. The number of carbonyl (C=O) groups is 1. The van der Waals surface area contributed by atoms with Gasteiger partial charge in [-0.3, -0.25) is 4.90 Å². The maximum atomic E-state index is 12.7. The number of cyclic esters (lactones) is 1. The summed E-state index contributed by atoms with van der Waals surface area (Å²) in [6.07, 6.45) is -0.00611. The Morgan fingerprint density at radius 3 is 2.75 bits per heavy atom. The van der Waals surface area contributed by atoms with Crippen LogP contribution in [0.25, 0.3) is 0 Å². The molecule has 1 aromatic rings. The topological polar surface area (TPSA) is 49.8 Å². The third-order valence-electron chi connectivity index (χ3n) is 2.53. The Morgan fingerprint density at radius 1 is 1.44 bits per heavy atom. The number of ether oxygens (including phenoxy) is 1. The molecule has 1 N–H and O–H groups in total. The van der Waals surface area contributed by atoms with Crippen molar-refractivity contribution >= 4 is 11.8 Å². The molecule has 0 aromatic heterocycles. The van der Waals surface area contributed by atoms with Crippen LogP contribution < -0.4 is 4.90 Å². The Balaban J connectivity index is 2.22. The van der Waals surface area contributed by atoms with Crippen molar-refractivity contribution in [1.82, 2.24) is 0 Å². The Kier molecular flexibility index (Phi) is 3.05. The van der Waals surface area contributed by atoms with Crippen LogP contribution in [0.4, 0.5) is 14.9 Å². The van der Waals surface area contributed by atoms with Crippen molar-refractivity contribution < 1.29 is 19.0 Å². The van der Waals surface area contributed by atoms with Crippen LogP contribution in [-0.4, -0.2) is 30.5 Å². The van der Waals surface area contributed by atoms with E-state index in [1.807, 2.05) is 0 Å². The predicted molar refractivity (Wildman–Crippen MR) is 55.7 cm³/mol. The van der Waals surface area contributed by atoms with Crippen molar-refractivity contribution in [1.29, 1.82) is 0 Å². The highest BCUT2D eigenvalue weighted by Gasteiger charge is 2.33. The zero-order chi connectivity index (χ0) is 11.5. The number of hydrogen-bond acceptors (Lipinski definition) is 3. The zero-order valence-electron chi connectivity index (χ0n) is 8.60. The second kappa shape index (κ2) is 4.49. The molecule has 1 unspecified atom stereocenters. The van der Waals surface area contributed by atoms with Crippen LogP contribution in [0, 0.1) is 5.82 Å². The highest BCUT2D eigenvalue weighted by molar-refractivity contribution is 5.90. The summed E-state index contributed by atoms with van der Waals surface area (Å²) in [5.74, 6) is -0.352. The van der Waals surface area contributed by atoms with Crippen molar-refractivity contribution in [2.24, 2.45) is 0 Å². The van der Waals surface area contributed by atoms with Crippen LogP contribution in [0.5, 0.6) is 0 Å². The quantitative estimate of drug-likeness (QED) is 0.848. The van der Waals surface area contributed by atoms with Crippen LogP contribution in [0.2, 0.25) is 0 Å². The summed E-state index contributed by atoms with van der Waals surface area (Å²) in [7, 11) is 0. The first-order chi connectivity index (χ1) is 7.72. The number of hydrogen-bond donors (Lipinski definition) is 1. The van der Waals surface area contributed by atoms with Gasteiger partial charge in [-0.05, 0) is 30.7 Å². The number of aliphatic hydroxyl groups is 1. The van der Waals surface area contributed by atoms with E-state index in [2.05, 4.69) is 0 Å². The lowest BCUT2D eigenvalue weighted by atomic mass is 10.2. The molecule has 0 bridgehead atoms. The molecule has 2 rings (SSSR count). The van der Waals surface area contributed by atoms with Crippen molar-refractivity contribution in [2.45, 2.75) is 12.5 Å². The van der Waals surface area contributed by atoms with E-state index in [0.717, 1.165) is 0 Å². The molecule has 5 heteroatoms. The maximum Gasteiger partial charge on any atom is 0.414 e. The number of anilines is 1. The number of aliphatic hydroxyl groups excluding tert-OH is 1. The molecule has 1 atom stereocenters. The molecule has 86 valence electrons. The van der Waals surface area contributed by atoms with Crippen molar-refractivity contribution in [3.8, 4) is 0 Å². The minimum atomic E-state index is -0.454. The fourth-order valence-electron chi connectivity index (χ4n) is 1.74. The summed E-state index contributed by atoms with van der Waals surface area (Å²) in [6, 6.07) is 5.44. The predicted octanol–water partition coefficient (Wildman–Crippen LogP) is 1.53. The molecule has 0 aliphatic carbocycles. The Bertz CT molecular complexity index is 379. The van der Waals surface area contributed by atoms with E-state index in [0.29, 0.717) is 12.1 Å². The molecule has 1 amide bonds. The summed E-state index contributed by atoms with van der Waals surface area (Å²) < 4.78 is 17.6. The van der Waals surface area contributed by atoms with E-state index in [1.165, 1.54) is 29.2 Å². The molecule has 1 saturated heterocycles. The molecule has 1 heterocycles. The van der Waals surface area contributed by atoms with Crippen molar-refractivity contribution in [3.63, 3.8) is 0 Å². The molecule has 16 heavy (non-hydrogen) atoms. The molecular formula is C11H12FNO3. The molecule has 1 aliphatic rings. The normalized spacial score (nSPS) is 20.0. The largest absolute Gasteiger partial charge is 0.447 e. The van der Waals surface area contributed by atoms with Crippen LogP contribution in [-0.2, 0) is 4.74 Å². The molecular weight excluding hydrogens is 213 g/mol. The van der Waals surface area contributed by atoms with Crippen LogP contribution in [0.3, 0.4) is 0 Å². The van der Waals surface area contributed by atoms with Gasteiger partial charge < -0.3 is 9.84 Å². The molecule has 1 aliphatic heterocycles. The van der Waals surface area contributed by atoms with E-state index in [1.54, 1.807) is 0 Å². The Morgan fingerprint density at radius 2 is 2.12 bits per heavy atom. The molecule has 1 aromatic carbocycles. The zero-order valence-corrected chi connectivity index (χ0v) is 8.60. The lowest BCUT2D eigenvalue weighted by Gasteiger charge is -2.20. The summed E-state index contributed by atoms with van der Waals surface area (Å²) in [4.78, 5) is 12.9. The number of halogens is 1. The van der Waals surface area contributed by atoms with Gasteiger partial charge in [-0.1, -0.05) is 0 Å². The summed E-state index contributed by atoms with van der Waals surface area (Å²) >= 11 is 0. The van der Waals surface area contributed by atoms with Gasteiger partial charge in [0, 0.05) is 12.3 Å². The van der Waals surface area contributed by atoms with E-state index in [-0.39, 0.29) is 25.1 Å². The van der Waals surface area contributed by atoms with Crippen molar-refractivity contribution in [2.75, 3.05) is 18.1 Å². The van der Waals surface area contributed by atoms with E-state index in [9.17, 15) is 9.18 Å². The summed E-state index contributed by atoms with van der Waals surface area (Å²) in [6.45, 7) is 0.246. The van der Waals surface area contributed by atoms with Crippen molar-refractivity contribution in [3.05, 3.63) is 30.1 Å². The lowest BCUT2D eigenvalue weighted by molar-refractivity contribution is 0.176. The van der Waals surface area contributed by atoms with Gasteiger partial charge >= 0.3 is 6.09 Å². The first-order valence-electron chi connectivity index (χ1n) is 5.05. The third-order valence-corrected chi connectivity index (χ3v) is 2.53. The van der Waals surface area contributed by atoms with Gasteiger partial charge in [0.15, 0.2) is 0 Å². The van der Waals surface area contributed by atoms with Crippen LogP contribution >= 0.6 is 0 Å². The first kappa shape index (κ1) is 10.9. The van der Waals surface area contributed by atoms with Gasteiger partial charge in [-0.15, -0.1) is 0 Å². The number of benzene rings is 1. The average molecular weight is 225 g/mol. The number of rotatable bonds is 3. The fraction of sp³-hybridized carbons (Fsp3) is 0.364. The average Bonchev–Trinajstić information content (AvgIpc) is 2.62. The molecule has 0 spiro atoms. The third kappa shape index (κ3) is 1.99. The second-order valence-corrected chi connectivity index (χ2v) is 3.59. The SMILES string of the molecule is O=C1OCC(CCO)N1c1ccc(F)cc1. The minimum Gasteiger partial charge on any atom is -0.447 e. The fourth-order valence-corrected chi connectivity index (χ4v) is 1.74. The molecule has 0 radical (unpaired) electrons. The highest BCUT2D eigenvalue weighted by atomic mass is 19.1. The lowest BCUT2D eigenvalue weighted by Crippen LogP contribution is -2.34. The summed E-state index contributed by atoms with van der Waals surface area (Å²) in [5.41, 5.74) is 0.586. The first-order valence-corrected chi connectivity index (χ1v) is 5.05. The van der Waals surface area contributed by atoms with Gasteiger partial charge in [0.2, 0.25) is 0 Å². The number of nitrogens with zero attached hydrogens (tertiary/aromatic N) is 1. The summed E-state index contributed by atoms with van der Waals surface area (Å²) in [5, 5.41) is 8.87. The van der Waals surface area contributed by atoms with Crippen LogP contribution in [0.15, 0.2) is 24.3 Å². The van der Waals surface area contributed by atoms with Gasteiger partial charge in [-0.2, -0.15) is 0 Å². The standard InChI is InChI=1S/C11H12FNO3/c12-8-1-3-9(4-2-8)13-10(5-6-14)7-16-11(13)15/h1-4,10,14H,5-7H2. The Labute approximate surface area is 92.2 Å². The minimum absolute atomic E-state index is 0.0149. The van der Waals surface area contributed by atoms with E-state index < -0.39 is 6.09 Å². The van der Waals surface area contributed by atoms with Gasteiger partial charge in [0.1, 0.15) is 12.4 Å². The monoisotopic (exact) mass is 225 g/mol. The highest BCUT2D eigenvalue weighted by Crippen LogP contribution is 2.24. The Hall–Kier alpha value is -1.62. The molecule has 1 fully saturated rings. The van der Waals surface area contributed by atoms with Gasteiger partial charge in [0.25, 0.3) is 0 Å². The number of carbonyl (C=O) groups excluding carboxylic acids is 1. The van der Waals surface area contributed by atoms with E-state index in [4.69, 9.17) is 9.84 Å². The van der Waals surface area contributed by atoms with Gasteiger partial charge in [0.05, 0.1) is 6.04 Å². The maximum absolute atomic E-state index is 12.7. The van der Waals surface area contributed by atoms with E-state index >= 15 is 0 Å². The van der Waals surface area contributed by atoms with Gasteiger partial charge in [-0.25, -0.2) is 9.18 Å². The number of amides is 1. The molecule has 4 nitrogen and oxygen atoms in total.